The van der Waals surface area contributed by atoms with Gasteiger partial charge in [0.15, 0.2) is 23.0 Å². The normalized spacial score (nSPS) is 30.3. The van der Waals surface area contributed by atoms with Crippen LogP contribution in [0.15, 0.2) is 6.07 Å². The summed E-state index contributed by atoms with van der Waals surface area (Å²) in [6.07, 6.45) is 0.498. The zero-order valence-corrected chi connectivity index (χ0v) is 24.9. The maximum Gasteiger partial charge on any atom is 0.323 e. The van der Waals surface area contributed by atoms with E-state index >= 15 is 0 Å². The van der Waals surface area contributed by atoms with E-state index in [9.17, 15) is 20.0 Å². The predicted octanol–water partition coefficient (Wildman–Crippen LogP) is 2.22. The van der Waals surface area contributed by atoms with Gasteiger partial charge in [-0.15, -0.1) is 11.8 Å². The molecule has 0 aliphatic carbocycles. The van der Waals surface area contributed by atoms with Gasteiger partial charge in [-0.2, -0.15) is 5.26 Å². The van der Waals surface area contributed by atoms with Crippen molar-refractivity contribution in [1.82, 2.24) is 10.2 Å². The molecular weight excluding hydrogens is 576 g/mol. The molecule has 12 nitrogen and oxygen atoms in total. The number of rotatable bonds is 2. The van der Waals surface area contributed by atoms with Gasteiger partial charge in [0.25, 0.3) is 0 Å². The summed E-state index contributed by atoms with van der Waals surface area (Å²) in [7, 11) is 1.52. The molecule has 2 unspecified atom stereocenters. The summed E-state index contributed by atoms with van der Waals surface area (Å²) in [6, 6.07) is 1.16. The maximum atomic E-state index is 12.9. The molecule has 43 heavy (non-hydrogen) atoms. The monoisotopic (exact) mass is 608 g/mol. The third-order valence-corrected chi connectivity index (χ3v) is 10.6. The number of carbonyl (C=O) groups is 2. The first-order valence-electron chi connectivity index (χ1n) is 14.2. The zero-order chi connectivity index (χ0) is 30.3. The number of phenolic OH excluding ortho intramolecular Hbond substituents is 1. The first-order chi connectivity index (χ1) is 20.7. The first kappa shape index (κ1) is 28.1. The Morgan fingerprint density at radius 3 is 2.70 bits per heavy atom. The second kappa shape index (κ2) is 10.2. The maximum absolute atomic E-state index is 12.9. The lowest BCUT2D eigenvalue weighted by molar-refractivity contribution is -0.148. The van der Waals surface area contributed by atoms with E-state index in [1.807, 2.05) is 19.9 Å². The lowest BCUT2D eigenvalue weighted by Gasteiger charge is -2.59. The molecule has 5 heterocycles. The average Bonchev–Trinajstić information content (AvgIpc) is 3.46. The largest absolute Gasteiger partial charge is 0.504 e. The first-order valence-corrected chi connectivity index (χ1v) is 15.2. The number of aryl methyl sites for hydroxylation is 1. The highest BCUT2D eigenvalue weighted by molar-refractivity contribution is 7.99. The number of hydrogen-bond acceptors (Lipinski definition) is 13. The number of methoxy groups -OCH3 is 1. The van der Waals surface area contributed by atoms with Gasteiger partial charge in [-0.1, -0.05) is 6.07 Å². The summed E-state index contributed by atoms with van der Waals surface area (Å²) in [5.41, 5.74) is 10.7. The summed E-state index contributed by atoms with van der Waals surface area (Å²) in [6.45, 7) is 4.90. The number of carbonyl (C=O) groups excluding carboxylic acids is 2. The van der Waals surface area contributed by atoms with Gasteiger partial charge < -0.3 is 39.8 Å². The van der Waals surface area contributed by atoms with Crippen molar-refractivity contribution in [2.75, 3.05) is 26.3 Å². The Kier molecular flexibility index (Phi) is 6.66. The van der Waals surface area contributed by atoms with Gasteiger partial charge in [-0.3, -0.25) is 14.5 Å². The van der Waals surface area contributed by atoms with Gasteiger partial charge in [0.2, 0.25) is 6.79 Å². The highest BCUT2D eigenvalue weighted by Gasteiger charge is 2.58. The fourth-order valence-corrected chi connectivity index (χ4v) is 9.03. The van der Waals surface area contributed by atoms with Crippen molar-refractivity contribution >= 4 is 23.7 Å². The number of nitriles is 1. The molecule has 7 rings (SSSR count). The lowest BCUT2D eigenvalue weighted by atomic mass is 9.72. The van der Waals surface area contributed by atoms with Crippen LogP contribution in [-0.4, -0.2) is 72.4 Å². The lowest BCUT2D eigenvalue weighted by Crippen LogP contribution is -2.69. The third-order valence-electron chi connectivity index (χ3n) is 9.18. The van der Waals surface area contributed by atoms with Gasteiger partial charge in [0.1, 0.15) is 24.4 Å². The number of ether oxygens (including phenoxy) is 5. The number of nitrogens with one attached hydrogen (secondary N) is 1. The van der Waals surface area contributed by atoms with Crippen LogP contribution >= 0.6 is 11.8 Å². The molecule has 5 aliphatic rings. The van der Waals surface area contributed by atoms with Crippen molar-refractivity contribution in [2.24, 2.45) is 5.73 Å². The Hall–Kier alpha value is -3.70. The van der Waals surface area contributed by atoms with Crippen LogP contribution in [0.4, 0.5) is 0 Å². The van der Waals surface area contributed by atoms with E-state index in [0.29, 0.717) is 51.7 Å². The topological polar surface area (TPSA) is 166 Å². The van der Waals surface area contributed by atoms with Crippen LogP contribution in [0.5, 0.6) is 28.7 Å². The molecule has 0 aromatic heterocycles. The summed E-state index contributed by atoms with van der Waals surface area (Å²) in [4.78, 5) is 27.5. The number of fused-ring (bicyclic) bond motifs is 9. The van der Waals surface area contributed by atoms with E-state index in [1.165, 1.54) is 25.8 Å². The molecule has 7 atom stereocenters. The van der Waals surface area contributed by atoms with Gasteiger partial charge in [-0.05, 0) is 31.4 Å². The summed E-state index contributed by atoms with van der Waals surface area (Å²) in [5.74, 6) is 0.898. The van der Waals surface area contributed by atoms with Crippen LogP contribution in [0.3, 0.4) is 0 Å². The molecule has 0 saturated carbocycles. The number of nitrogens with two attached hydrogens (primary N) is 1. The molecule has 0 radical (unpaired) electrons. The van der Waals surface area contributed by atoms with Gasteiger partial charge >= 0.3 is 11.9 Å². The number of hydrogen-bond donors (Lipinski definition) is 3. The molecule has 0 amide bonds. The van der Waals surface area contributed by atoms with Crippen LogP contribution in [0, 0.1) is 25.2 Å². The van der Waals surface area contributed by atoms with Crippen LogP contribution in [0.1, 0.15) is 57.6 Å². The number of piperazine rings is 1. The Labute approximate surface area is 252 Å². The SMILES string of the molecule is COc1c(C)cc2c(c1O)[C@@H]1N[C@H](C2)[C@H](C#N)N2C1[C@@H]1SCC(N)C(=O)OC[C@H]2c2c3c(c(C)c(OC(C)=O)c21)OCO3. The van der Waals surface area contributed by atoms with Crippen molar-refractivity contribution in [3.05, 3.63) is 39.4 Å². The Balaban J connectivity index is 1.54. The van der Waals surface area contributed by atoms with Crippen LogP contribution < -0.4 is 30.0 Å². The van der Waals surface area contributed by atoms with Crippen LogP contribution in [0.25, 0.3) is 0 Å². The number of thioether (sulfide) groups is 1. The number of nitrogens with zero attached hydrogens (tertiary/aromatic N) is 2. The molecule has 2 fully saturated rings. The van der Waals surface area contributed by atoms with Gasteiger partial charge in [0, 0.05) is 47.0 Å². The van der Waals surface area contributed by atoms with E-state index in [0.717, 1.165) is 11.1 Å². The molecule has 226 valence electrons. The molecule has 2 aromatic rings. The highest BCUT2D eigenvalue weighted by Crippen LogP contribution is 2.62. The summed E-state index contributed by atoms with van der Waals surface area (Å²) < 4.78 is 29.2. The Morgan fingerprint density at radius 1 is 1.21 bits per heavy atom. The average molecular weight is 609 g/mol. The number of cyclic esters (lactones) is 1. The zero-order valence-electron chi connectivity index (χ0n) is 24.1. The van der Waals surface area contributed by atoms with Crippen molar-refractivity contribution in [3.8, 4) is 34.8 Å². The van der Waals surface area contributed by atoms with E-state index < -0.39 is 47.4 Å². The van der Waals surface area contributed by atoms with Gasteiger partial charge in [0.05, 0.1) is 30.5 Å². The number of benzene rings is 2. The fourth-order valence-electron chi connectivity index (χ4n) is 7.59. The van der Waals surface area contributed by atoms with Crippen LogP contribution in [-0.2, 0) is 20.7 Å². The van der Waals surface area contributed by atoms with Crippen molar-refractivity contribution in [2.45, 2.75) is 68.7 Å². The minimum absolute atomic E-state index is 0.0281. The molecule has 2 saturated heterocycles. The van der Waals surface area contributed by atoms with Crippen molar-refractivity contribution in [1.29, 1.82) is 5.26 Å². The van der Waals surface area contributed by atoms with Crippen molar-refractivity contribution < 1.29 is 38.4 Å². The third kappa shape index (κ3) is 4.00. The number of aromatic hydroxyl groups is 1. The van der Waals surface area contributed by atoms with Gasteiger partial charge in [-0.25, -0.2) is 0 Å². The summed E-state index contributed by atoms with van der Waals surface area (Å²) in [5, 5.41) is 25.5. The van der Waals surface area contributed by atoms with E-state index in [1.54, 1.807) is 0 Å². The molecule has 2 aromatic carbocycles. The predicted molar refractivity (Wildman–Crippen MR) is 153 cm³/mol. The second-order valence-corrected chi connectivity index (χ2v) is 12.7. The second-order valence-electron chi connectivity index (χ2n) is 11.6. The standard InChI is InChI=1S/C30H32N4O8S/c1-11-5-14-6-16-17(7-31)34-18-8-39-30(37)15(32)9-43-29(23(34)22(33-16)19(14)24(36)25(11)38-4)21-20(18)28-27(40-10-41-28)12(2)26(21)42-13(3)35/h5,15-18,22-23,29,33,36H,6,8-10,32H2,1-4H3/t15?,16-,17+,18+,22+,23?,29-/m1/s1. The quantitative estimate of drug-likeness (QED) is 0.336. The minimum Gasteiger partial charge on any atom is -0.504 e. The fraction of sp³-hybridized carbons (Fsp3) is 0.500. The smallest absolute Gasteiger partial charge is 0.323 e. The Bertz CT molecular complexity index is 1610. The summed E-state index contributed by atoms with van der Waals surface area (Å²) >= 11 is 1.43. The van der Waals surface area contributed by atoms with Crippen LogP contribution in [0.2, 0.25) is 0 Å². The molecule has 13 heteroatoms. The number of phenols is 1. The minimum atomic E-state index is -0.889. The van der Waals surface area contributed by atoms with E-state index in [2.05, 4.69) is 16.3 Å². The molecule has 5 aliphatic heterocycles. The number of esters is 2. The highest BCUT2D eigenvalue weighted by atomic mass is 32.2. The van der Waals surface area contributed by atoms with Crippen molar-refractivity contribution in [3.63, 3.8) is 0 Å². The van der Waals surface area contributed by atoms with E-state index in [4.69, 9.17) is 29.4 Å². The molecular formula is C30H32N4O8S. The van der Waals surface area contributed by atoms with E-state index in [-0.39, 0.29) is 30.9 Å². The molecule has 0 spiro atoms. The molecule has 4 N–H and O–H groups in total. The Morgan fingerprint density at radius 2 is 1.98 bits per heavy atom. The molecule has 4 bridgehead atoms.